The van der Waals surface area contributed by atoms with Crippen molar-refractivity contribution < 1.29 is 4.79 Å². The molecule has 0 aliphatic carbocycles. The quantitative estimate of drug-likeness (QED) is 0.762. The molecule has 1 fully saturated rings. The molecule has 0 spiro atoms. The van der Waals surface area contributed by atoms with Crippen LogP contribution in [0.25, 0.3) is 0 Å². The second-order valence-corrected chi connectivity index (χ2v) is 7.24. The lowest BCUT2D eigenvalue weighted by Crippen LogP contribution is -2.40. The van der Waals surface area contributed by atoms with E-state index in [2.05, 4.69) is 28.7 Å². The summed E-state index contributed by atoms with van der Waals surface area (Å²) in [5.74, 6) is 0.864. The molecule has 2 aromatic heterocycles. The molecular weight excluding hydrogens is 395 g/mol. The monoisotopic (exact) mass is 426 g/mol. The number of rotatable bonds is 6. The van der Waals surface area contributed by atoms with Gasteiger partial charge in [-0.05, 0) is 63.9 Å². The molecule has 0 unspecified atom stereocenters. The van der Waals surface area contributed by atoms with Gasteiger partial charge >= 0.3 is 0 Å². The minimum Gasteiger partial charge on any atom is -0.342 e. The molecule has 28 heavy (non-hydrogen) atoms. The van der Waals surface area contributed by atoms with Crippen LogP contribution in [-0.4, -0.2) is 46.5 Å². The Hall–Kier alpha value is -1.56. The van der Waals surface area contributed by atoms with E-state index in [1.165, 1.54) is 0 Å². The van der Waals surface area contributed by atoms with Gasteiger partial charge in [-0.15, -0.1) is 24.8 Å². The minimum atomic E-state index is 0. The van der Waals surface area contributed by atoms with Crippen LogP contribution in [0, 0.1) is 19.8 Å². The third-order valence-corrected chi connectivity index (χ3v) is 5.44. The summed E-state index contributed by atoms with van der Waals surface area (Å²) in [5.41, 5.74) is 3.99. The summed E-state index contributed by atoms with van der Waals surface area (Å²) in [6.07, 6.45) is 3.99. The van der Waals surface area contributed by atoms with Crippen LogP contribution >= 0.6 is 24.8 Å². The number of likely N-dealkylation sites (tertiary alicyclic amines) is 1. The van der Waals surface area contributed by atoms with Gasteiger partial charge in [-0.25, -0.2) is 0 Å². The fourth-order valence-electron chi connectivity index (χ4n) is 3.77. The predicted octanol–water partition coefficient (Wildman–Crippen LogP) is 3.85. The zero-order chi connectivity index (χ0) is 18.5. The smallest absolute Gasteiger partial charge is 0.255 e. The van der Waals surface area contributed by atoms with E-state index in [1.54, 1.807) is 0 Å². The molecule has 0 atom stereocenters. The fourth-order valence-corrected chi connectivity index (χ4v) is 3.77. The van der Waals surface area contributed by atoms with Crippen LogP contribution in [0.2, 0.25) is 0 Å². The van der Waals surface area contributed by atoms with Gasteiger partial charge in [0, 0.05) is 30.7 Å². The van der Waals surface area contributed by atoms with Crippen molar-refractivity contribution in [3.63, 3.8) is 0 Å². The number of aryl methyl sites for hydroxylation is 1. The van der Waals surface area contributed by atoms with Crippen molar-refractivity contribution in [2.24, 2.45) is 5.92 Å². The van der Waals surface area contributed by atoms with Crippen molar-refractivity contribution in [3.8, 4) is 0 Å². The summed E-state index contributed by atoms with van der Waals surface area (Å²) in [5, 5.41) is 3.42. The van der Waals surface area contributed by atoms with Gasteiger partial charge < -0.3 is 14.8 Å². The van der Waals surface area contributed by atoms with Gasteiger partial charge in [0.15, 0.2) is 0 Å². The topological polar surface area (TPSA) is 50.2 Å². The molecule has 1 N–H and O–H groups in total. The fraction of sp³-hybridized carbons (Fsp3) is 0.524. The molecule has 2 aromatic rings. The summed E-state index contributed by atoms with van der Waals surface area (Å²) < 4.78 is 2.19. The number of hydrogen-bond donors (Lipinski definition) is 1. The van der Waals surface area contributed by atoms with Gasteiger partial charge in [0.05, 0.1) is 17.8 Å². The van der Waals surface area contributed by atoms with Crippen LogP contribution in [0.4, 0.5) is 0 Å². The number of halogens is 2. The van der Waals surface area contributed by atoms with Crippen molar-refractivity contribution in [2.75, 3.05) is 26.2 Å². The maximum Gasteiger partial charge on any atom is 0.255 e. The maximum atomic E-state index is 13.0. The van der Waals surface area contributed by atoms with E-state index in [9.17, 15) is 4.79 Å². The lowest BCUT2D eigenvalue weighted by Gasteiger charge is -2.32. The molecule has 1 saturated heterocycles. The average molecular weight is 427 g/mol. The van der Waals surface area contributed by atoms with Crippen LogP contribution < -0.4 is 5.32 Å². The number of carbonyl (C=O) groups excluding carboxylic acids is 1. The van der Waals surface area contributed by atoms with Gasteiger partial charge in [0.2, 0.25) is 0 Å². The van der Waals surface area contributed by atoms with Crippen LogP contribution in [0.3, 0.4) is 0 Å². The van der Waals surface area contributed by atoms with E-state index in [1.807, 2.05) is 42.3 Å². The largest absolute Gasteiger partial charge is 0.342 e. The Kier molecular flexibility index (Phi) is 10.0. The Labute approximate surface area is 180 Å². The molecule has 0 aromatic carbocycles. The molecule has 0 saturated carbocycles. The van der Waals surface area contributed by atoms with Gasteiger partial charge in [0.1, 0.15) is 0 Å². The number of amides is 1. The van der Waals surface area contributed by atoms with Crippen LogP contribution in [0.5, 0.6) is 0 Å². The first kappa shape index (κ1) is 24.5. The van der Waals surface area contributed by atoms with Crippen LogP contribution in [-0.2, 0) is 6.54 Å². The zero-order valence-electron chi connectivity index (χ0n) is 17.0. The number of nitrogens with one attached hydrogen (secondary N) is 1. The normalized spacial score (nSPS) is 14.3. The molecule has 156 valence electrons. The predicted molar refractivity (Wildman–Crippen MR) is 119 cm³/mol. The number of aromatic nitrogens is 2. The average Bonchev–Trinajstić information content (AvgIpc) is 2.95. The third-order valence-electron chi connectivity index (χ3n) is 5.44. The highest BCUT2D eigenvalue weighted by molar-refractivity contribution is 5.95. The first-order chi connectivity index (χ1) is 12.6. The summed E-state index contributed by atoms with van der Waals surface area (Å²) in [6, 6.07) is 7.98. The second-order valence-electron chi connectivity index (χ2n) is 7.24. The van der Waals surface area contributed by atoms with Crippen molar-refractivity contribution in [2.45, 2.75) is 40.2 Å². The molecule has 5 nitrogen and oxygen atoms in total. The molecule has 0 bridgehead atoms. The maximum absolute atomic E-state index is 13.0. The van der Waals surface area contributed by atoms with Gasteiger partial charge in [-0.1, -0.05) is 13.0 Å². The van der Waals surface area contributed by atoms with E-state index >= 15 is 0 Å². The Morgan fingerprint density at radius 3 is 2.54 bits per heavy atom. The molecule has 1 aliphatic heterocycles. The molecule has 3 rings (SSSR count). The third kappa shape index (κ3) is 5.72. The Morgan fingerprint density at radius 1 is 1.21 bits per heavy atom. The number of carbonyl (C=O) groups is 1. The SMILES string of the molecule is CCNCC1CCN(C(=O)c2cc(C)n(Cc3ccccn3)c2C)CC1.Cl.Cl. The highest BCUT2D eigenvalue weighted by Gasteiger charge is 2.26. The van der Waals surface area contributed by atoms with E-state index < -0.39 is 0 Å². The van der Waals surface area contributed by atoms with Crippen molar-refractivity contribution in [1.82, 2.24) is 19.8 Å². The van der Waals surface area contributed by atoms with Crippen molar-refractivity contribution in [1.29, 1.82) is 0 Å². The van der Waals surface area contributed by atoms with Gasteiger partial charge in [-0.2, -0.15) is 0 Å². The van der Waals surface area contributed by atoms with Crippen molar-refractivity contribution >= 4 is 30.7 Å². The van der Waals surface area contributed by atoms with Crippen LogP contribution in [0.1, 0.15) is 47.2 Å². The summed E-state index contributed by atoms with van der Waals surface area (Å²) >= 11 is 0. The highest BCUT2D eigenvalue weighted by atomic mass is 35.5. The van der Waals surface area contributed by atoms with E-state index in [0.717, 1.165) is 61.7 Å². The number of nitrogens with zero attached hydrogens (tertiary/aromatic N) is 3. The molecule has 0 radical (unpaired) electrons. The first-order valence-electron chi connectivity index (χ1n) is 9.66. The first-order valence-corrected chi connectivity index (χ1v) is 9.66. The highest BCUT2D eigenvalue weighted by Crippen LogP contribution is 2.22. The summed E-state index contributed by atoms with van der Waals surface area (Å²) in [4.78, 5) is 19.5. The summed E-state index contributed by atoms with van der Waals surface area (Å²) in [6.45, 7) is 10.8. The van der Waals surface area contributed by atoms with Crippen molar-refractivity contribution in [3.05, 3.63) is 53.1 Å². The molecular formula is C21H32Cl2N4O. The molecule has 1 amide bonds. The standard InChI is InChI=1S/C21H30N4O.2ClH/c1-4-22-14-18-8-11-24(12-9-18)21(26)20-13-16(2)25(17(20)3)15-19-7-5-6-10-23-19;;/h5-7,10,13,18,22H,4,8-9,11-12,14-15H2,1-3H3;2*1H. The number of hydrogen-bond acceptors (Lipinski definition) is 3. The number of pyridine rings is 1. The molecule has 7 heteroatoms. The van der Waals surface area contributed by atoms with Crippen LogP contribution in [0.15, 0.2) is 30.5 Å². The van der Waals surface area contributed by atoms with Gasteiger partial charge in [0.25, 0.3) is 5.91 Å². The number of piperidine rings is 1. The zero-order valence-corrected chi connectivity index (χ0v) is 18.6. The Bertz CT molecular complexity index is 740. The Balaban J connectivity index is 0.00000196. The second kappa shape index (κ2) is 11.4. The molecule has 1 aliphatic rings. The molecule has 3 heterocycles. The van der Waals surface area contributed by atoms with Gasteiger partial charge in [-0.3, -0.25) is 9.78 Å². The lowest BCUT2D eigenvalue weighted by atomic mass is 9.96. The van der Waals surface area contributed by atoms with E-state index in [-0.39, 0.29) is 30.7 Å². The minimum absolute atomic E-state index is 0. The van der Waals surface area contributed by atoms with E-state index in [4.69, 9.17) is 0 Å². The summed E-state index contributed by atoms with van der Waals surface area (Å²) in [7, 11) is 0. The lowest BCUT2D eigenvalue weighted by molar-refractivity contribution is 0.0689. The van der Waals surface area contributed by atoms with E-state index in [0.29, 0.717) is 12.5 Å². The Morgan fingerprint density at radius 2 is 1.93 bits per heavy atom.